The highest BCUT2D eigenvalue weighted by Gasteiger charge is 2.26. The number of carbonyl (C=O) groups excluding carboxylic acids is 4. The van der Waals surface area contributed by atoms with Gasteiger partial charge in [0, 0.05) is 5.92 Å². The van der Waals surface area contributed by atoms with Crippen LogP contribution < -0.4 is 27.4 Å². The predicted molar refractivity (Wildman–Crippen MR) is 114 cm³/mol. The second-order valence-electron chi connectivity index (χ2n) is 8.10. The summed E-state index contributed by atoms with van der Waals surface area (Å²) in [4.78, 5) is 48.8. The molecule has 174 valence electrons. The Morgan fingerprint density at radius 3 is 1.87 bits per heavy atom. The third-order valence-electron chi connectivity index (χ3n) is 4.53. The Hall–Kier alpha value is -2.04. The standard InChI is InChI=1S/C20H39N5O5/c1-12(2)5-6-16(26)20(30)25-15(8-10-22)19(29)23-11-17(27)24-14(7-9-21)18(28)13(3)4/h12-16,26H,5-11,21-22H2,1-4H3,(H,23,29)(H,24,27)(H,25,30). The van der Waals surface area contributed by atoms with Crippen molar-refractivity contribution in [2.24, 2.45) is 23.3 Å². The minimum atomic E-state index is -1.22. The summed E-state index contributed by atoms with van der Waals surface area (Å²) in [6, 6.07) is -1.68. The summed E-state index contributed by atoms with van der Waals surface area (Å²) in [6.07, 6.45) is 0.189. The van der Waals surface area contributed by atoms with E-state index in [1.165, 1.54) is 0 Å². The fourth-order valence-corrected chi connectivity index (χ4v) is 2.72. The zero-order valence-electron chi connectivity index (χ0n) is 18.6. The Labute approximate surface area is 178 Å². The van der Waals surface area contributed by atoms with E-state index in [0.29, 0.717) is 18.8 Å². The number of carbonyl (C=O) groups is 4. The number of amides is 3. The summed E-state index contributed by atoms with van der Waals surface area (Å²) in [7, 11) is 0. The molecule has 0 aromatic heterocycles. The number of rotatable bonds is 15. The molecule has 0 aliphatic rings. The Balaban J connectivity index is 4.74. The highest BCUT2D eigenvalue weighted by Crippen LogP contribution is 2.07. The predicted octanol–water partition coefficient (Wildman–Crippen LogP) is -1.21. The minimum absolute atomic E-state index is 0.133. The first-order valence-electron chi connectivity index (χ1n) is 10.5. The number of hydrogen-bond acceptors (Lipinski definition) is 7. The lowest BCUT2D eigenvalue weighted by molar-refractivity contribution is -0.135. The van der Waals surface area contributed by atoms with E-state index in [4.69, 9.17) is 11.5 Å². The number of Topliss-reactive ketones (excluding diaryl/α,β-unsaturated/α-hetero) is 1. The van der Waals surface area contributed by atoms with Gasteiger partial charge in [0.15, 0.2) is 5.78 Å². The Kier molecular flexibility index (Phi) is 13.9. The number of nitrogens with one attached hydrogen (secondary N) is 3. The lowest BCUT2D eigenvalue weighted by atomic mass is 9.99. The van der Waals surface area contributed by atoms with E-state index in [0.717, 1.165) is 0 Å². The SMILES string of the molecule is CC(C)CCC(O)C(=O)NC(CCN)C(=O)NCC(=O)NC(CCN)C(=O)C(C)C. The van der Waals surface area contributed by atoms with Gasteiger partial charge in [-0.2, -0.15) is 0 Å². The molecule has 0 aliphatic carbocycles. The molecule has 3 atom stereocenters. The van der Waals surface area contributed by atoms with E-state index in [-0.39, 0.29) is 44.2 Å². The molecule has 0 aromatic rings. The van der Waals surface area contributed by atoms with Crippen molar-refractivity contribution in [3.8, 4) is 0 Å². The molecule has 8 N–H and O–H groups in total. The van der Waals surface area contributed by atoms with Crippen molar-refractivity contribution in [2.45, 2.75) is 71.6 Å². The van der Waals surface area contributed by atoms with E-state index in [2.05, 4.69) is 16.0 Å². The van der Waals surface area contributed by atoms with Crippen molar-refractivity contribution in [1.82, 2.24) is 16.0 Å². The molecule has 30 heavy (non-hydrogen) atoms. The monoisotopic (exact) mass is 429 g/mol. The first-order chi connectivity index (χ1) is 14.0. The topological polar surface area (TPSA) is 177 Å². The molecule has 0 heterocycles. The third kappa shape index (κ3) is 11.2. The molecular weight excluding hydrogens is 390 g/mol. The number of nitrogens with two attached hydrogens (primary N) is 2. The van der Waals surface area contributed by atoms with Crippen molar-refractivity contribution in [3.05, 3.63) is 0 Å². The average molecular weight is 430 g/mol. The summed E-state index contributed by atoms with van der Waals surface area (Å²) in [5.41, 5.74) is 11.0. The molecule has 0 rings (SSSR count). The lowest BCUT2D eigenvalue weighted by Gasteiger charge is -2.21. The minimum Gasteiger partial charge on any atom is -0.383 e. The van der Waals surface area contributed by atoms with Crippen molar-refractivity contribution in [1.29, 1.82) is 0 Å². The van der Waals surface area contributed by atoms with Crippen LogP contribution in [0.4, 0.5) is 0 Å². The van der Waals surface area contributed by atoms with Crippen molar-refractivity contribution in [3.63, 3.8) is 0 Å². The molecule has 0 radical (unpaired) electrons. The van der Waals surface area contributed by atoms with Crippen LogP contribution >= 0.6 is 0 Å². The van der Waals surface area contributed by atoms with Gasteiger partial charge < -0.3 is 32.5 Å². The zero-order chi connectivity index (χ0) is 23.3. The first kappa shape index (κ1) is 28.0. The van der Waals surface area contributed by atoms with Gasteiger partial charge in [-0.3, -0.25) is 19.2 Å². The molecule has 3 unspecified atom stereocenters. The molecule has 10 heteroatoms. The molecular formula is C20H39N5O5. The summed E-state index contributed by atoms with van der Waals surface area (Å²) < 4.78 is 0. The molecule has 0 aromatic carbocycles. The first-order valence-corrected chi connectivity index (χ1v) is 10.5. The van der Waals surface area contributed by atoms with Crippen molar-refractivity contribution < 1.29 is 24.3 Å². The Morgan fingerprint density at radius 2 is 1.37 bits per heavy atom. The maximum absolute atomic E-state index is 12.4. The molecule has 0 bridgehead atoms. The third-order valence-corrected chi connectivity index (χ3v) is 4.53. The van der Waals surface area contributed by atoms with Gasteiger partial charge >= 0.3 is 0 Å². The molecule has 0 fully saturated rings. The summed E-state index contributed by atoms with van der Waals surface area (Å²) >= 11 is 0. The summed E-state index contributed by atoms with van der Waals surface area (Å²) in [5.74, 6) is -1.85. The van der Waals surface area contributed by atoms with Gasteiger partial charge in [-0.05, 0) is 44.7 Å². The van der Waals surface area contributed by atoms with E-state index < -0.39 is 35.9 Å². The van der Waals surface area contributed by atoms with Crippen LogP contribution in [-0.2, 0) is 19.2 Å². The second-order valence-corrected chi connectivity index (χ2v) is 8.10. The highest BCUT2D eigenvalue weighted by atomic mass is 16.3. The molecule has 0 saturated heterocycles. The number of hydrogen-bond donors (Lipinski definition) is 6. The van der Waals surface area contributed by atoms with Gasteiger partial charge in [0.2, 0.25) is 17.7 Å². The fourth-order valence-electron chi connectivity index (χ4n) is 2.72. The van der Waals surface area contributed by atoms with Crippen LogP contribution in [0.25, 0.3) is 0 Å². The van der Waals surface area contributed by atoms with Gasteiger partial charge in [0.25, 0.3) is 0 Å². The highest BCUT2D eigenvalue weighted by molar-refractivity contribution is 5.93. The molecule has 0 spiro atoms. The van der Waals surface area contributed by atoms with Crippen LogP contribution in [0.15, 0.2) is 0 Å². The second kappa shape index (κ2) is 14.9. The van der Waals surface area contributed by atoms with Gasteiger partial charge in [-0.25, -0.2) is 0 Å². The zero-order valence-corrected chi connectivity index (χ0v) is 18.6. The van der Waals surface area contributed by atoms with E-state index >= 15 is 0 Å². The fraction of sp³-hybridized carbons (Fsp3) is 0.800. The van der Waals surface area contributed by atoms with Gasteiger partial charge in [-0.15, -0.1) is 0 Å². The van der Waals surface area contributed by atoms with Crippen molar-refractivity contribution in [2.75, 3.05) is 19.6 Å². The molecule has 10 nitrogen and oxygen atoms in total. The van der Waals surface area contributed by atoms with Crippen LogP contribution in [0, 0.1) is 11.8 Å². The smallest absolute Gasteiger partial charge is 0.249 e. The van der Waals surface area contributed by atoms with Crippen LogP contribution in [-0.4, -0.2) is 66.4 Å². The van der Waals surface area contributed by atoms with Gasteiger partial charge in [0.1, 0.15) is 12.1 Å². The van der Waals surface area contributed by atoms with Crippen LogP contribution in [0.5, 0.6) is 0 Å². The van der Waals surface area contributed by atoms with Crippen LogP contribution in [0.2, 0.25) is 0 Å². The molecule has 0 aliphatic heterocycles. The van der Waals surface area contributed by atoms with Crippen LogP contribution in [0.1, 0.15) is 53.4 Å². The molecule has 3 amide bonds. The quantitative estimate of drug-likeness (QED) is 0.189. The number of aliphatic hydroxyl groups is 1. The maximum atomic E-state index is 12.4. The normalized spacial score (nSPS) is 14.2. The van der Waals surface area contributed by atoms with Crippen LogP contribution in [0.3, 0.4) is 0 Å². The average Bonchev–Trinajstić information content (AvgIpc) is 2.68. The molecule has 0 saturated carbocycles. The Bertz CT molecular complexity index is 568. The lowest BCUT2D eigenvalue weighted by Crippen LogP contribution is -2.53. The van der Waals surface area contributed by atoms with E-state index in [9.17, 15) is 24.3 Å². The van der Waals surface area contributed by atoms with Crippen molar-refractivity contribution >= 4 is 23.5 Å². The summed E-state index contributed by atoms with van der Waals surface area (Å²) in [6.45, 7) is 7.43. The summed E-state index contributed by atoms with van der Waals surface area (Å²) in [5, 5.41) is 17.4. The van der Waals surface area contributed by atoms with E-state index in [1.807, 2.05) is 13.8 Å². The number of aliphatic hydroxyl groups excluding tert-OH is 1. The Morgan fingerprint density at radius 1 is 0.800 bits per heavy atom. The largest absolute Gasteiger partial charge is 0.383 e. The van der Waals surface area contributed by atoms with Gasteiger partial charge in [0.05, 0.1) is 12.6 Å². The number of ketones is 1. The maximum Gasteiger partial charge on any atom is 0.249 e. The van der Waals surface area contributed by atoms with E-state index in [1.54, 1.807) is 13.8 Å². The van der Waals surface area contributed by atoms with Gasteiger partial charge in [-0.1, -0.05) is 27.7 Å².